The molecular weight excluding hydrogens is 232 g/mol. The van der Waals surface area contributed by atoms with E-state index in [1.54, 1.807) is 4.90 Å². The predicted molar refractivity (Wildman–Crippen MR) is 67.1 cm³/mol. The van der Waals surface area contributed by atoms with Crippen LogP contribution in [0.15, 0.2) is 0 Å². The van der Waals surface area contributed by atoms with Gasteiger partial charge in [0.05, 0.1) is 5.92 Å². The highest BCUT2D eigenvalue weighted by atomic mass is 16.4. The fraction of sp³-hybridized carbons (Fsp3) is 0.846. The maximum absolute atomic E-state index is 12.0. The molecule has 1 aliphatic heterocycles. The van der Waals surface area contributed by atoms with Crippen LogP contribution in [0, 0.1) is 23.7 Å². The second-order valence-corrected chi connectivity index (χ2v) is 5.94. The topological polar surface area (TPSA) is 69.6 Å². The number of rotatable bonds is 3. The molecule has 0 bridgehead atoms. The van der Waals surface area contributed by atoms with Crippen LogP contribution < -0.4 is 5.32 Å². The van der Waals surface area contributed by atoms with Gasteiger partial charge in [-0.05, 0) is 30.6 Å². The van der Waals surface area contributed by atoms with Gasteiger partial charge in [-0.15, -0.1) is 0 Å². The molecule has 4 unspecified atom stereocenters. The smallest absolute Gasteiger partial charge is 0.317 e. The van der Waals surface area contributed by atoms with Gasteiger partial charge in [-0.1, -0.05) is 13.8 Å². The number of carbonyl (C=O) groups excluding carboxylic acids is 1. The number of hydrogen-bond donors (Lipinski definition) is 2. The second kappa shape index (κ2) is 5.16. The number of likely N-dealkylation sites (tertiary alicyclic amines) is 1. The summed E-state index contributed by atoms with van der Waals surface area (Å²) < 4.78 is 0. The van der Waals surface area contributed by atoms with E-state index in [1.807, 2.05) is 6.92 Å². The number of nitrogens with zero attached hydrogens (tertiary/aromatic N) is 1. The Bertz CT molecular complexity index is 345. The molecule has 5 heteroatoms. The Hall–Kier alpha value is -1.26. The molecule has 0 aromatic carbocycles. The van der Waals surface area contributed by atoms with Gasteiger partial charge in [0.1, 0.15) is 0 Å². The van der Waals surface area contributed by atoms with Gasteiger partial charge in [0.2, 0.25) is 0 Å². The Balaban J connectivity index is 1.82. The van der Waals surface area contributed by atoms with Crippen LogP contribution >= 0.6 is 0 Å². The van der Waals surface area contributed by atoms with Crippen molar-refractivity contribution < 1.29 is 14.7 Å². The lowest BCUT2D eigenvalue weighted by atomic mass is 9.91. The monoisotopic (exact) mass is 254 g/mol. The van der Waals surface area contributed by atoms with Crippen molar-refractivity contribution in [2.75, 3.05) is 19.6 Å². The van der Waals surface area contributed by atoms with Crippen molar-refractivity contribution in [2.45, 2.75) is 26.7 Å². The van der Waals surface area contributed by atoms with Gasteiger partial charge < -0.3 is 15.3 Å². The van der Waals surface area contributed by atoms with Gasteiger partial charge in [-0.3, -0.25) is 4.79 Å². The van der Waals surface area contributed by atoms with Gasteiger partial charge >= 0.3 is 12.0 Å². The van der Waals surface area contributed by atoms with Crippen LogP contribution in [-0.2, 0) is 4.79 Å². The first-order chi connectivity index (χ1) is 8.47. The summed E-state index contributed by atoms with van der Waals surface area (Å²) in [4.78, 5) is 24.7. The zero-order valence-corrected chi connectivity index (χ0v) is 11.1. The number of piperidine rings is 1. The van der Waals surface area contributed by atoms with Crippen LogP contribution in [0.2, 0.25) is 0 Å². The predicted octanol–water partition coefficient (Wildman–Crippen LogP) is 1.39. The number of carboxylic acids is 1. The Morgan fingerprint density at radius 2 is 1.94 bits per heavy atom. The molecule has 2 N–H and O–H groups in total. The third kappa shape index (κ3) is 3.15. The van der Waals surface area contributed by atoms with E-state index < -0.39 is 11.9 Å². The summed E-state index contributed by atoms with van der Waals surface area (Å²) in [6, 6.07) is -0.105. The number of carbonyl (C=O) groups is 2. The van der Waals surface area contributed by atoms with Crippen molar-refractivity contribution in [3.05, 3.63) is 0 Å². The molecule has 4 atom stereocenters. The molecule has 0 spiro atoms. The number of carboxylic acid groups (broad SMARTS) is 1. The summed E-state index contributed by atoms with van der Waals surface area (Å²) in [5.74, 6) is 0.378. The van der Waals surface area contributed by atoms with E-state index in [0.717, 1.165) is 12.5 Å². The maximum atomic E-state index is 12.0. The van der Waals surface area contributed by atoms with Gasteiger partial charge in [-0.2, -0.15) is 0 Å². The van der Waals surface area contributed by atoms with Crippen LogP contribution in [0.3, 0.4) is 0 Å². The van der Waals surface area contributed by atoms with E-state index in [9.17, 15) is 9.59 Å². The summed E-state index contributed by atoms with van der Waals surface area (Å²) in [7, 11) is 0. The number of urea groups is 1. The van der Waals surface area contributed by atoms with E-state index >= 15 is 0 Å². The molecule has 2 amide bonds. The first kappa shape index (κ1) is 13.2. The summed E-state index contributed by atoms with van der Waals surface area (Å²) in [5, 5.41) is 12.0. The Morgan fingerprint density at radius 1 is 1.28 bits per heavy atom. The first-order valence-electron chi connectivity index (χ1n) is 6.73. The molecule has 2 fully saturated rings. The molecule has 1 aliphatic carbocycles. The number of aliphatic carboxylic acids is 1. The summed E-state index contributed by atoms with van der Waals surface area (Å²) in [5.41, 5.74) is 0. The lowest BCUT2D eigenvalue weighted by Gasteiger charge is -2.34. The largest absolute Gasteiger partial charge is 0.481 e. The number of hydrogen-bond acceptors (Lipinski definition) is 2. The van der Waals surface area contributed by atoms with Gasteiger partial charge in [0.15, 0.2) is 0 Å². The fourth-order valence-electron chi connectivity index (χ4n) is 2.71. The molecule has 1 saturated carbocycles. The highest BCUT2D eigenvalue weighted by Gasteiger charge is 2.35. The quantitative estimate of drug-likeness (QED) is 0.799. The average Bonchev–Trinajstić information content (AvgIpc) is 3.01. The molecule has 1 saturated heterocycles. The molecule has 2 rings (SSSR count). The van der Waals surface area contributed by atoms with E-state index in [4.69, 9.17) is 5.11 Å². The van der Waals surface area contributed by atoms with Crippen molar-refractivity contribution in [1.82, 2.24) is 10.2 Å². The molecule has 0 aromatic heterocycles. The van der Waals surface area contributed by atoms with Crippen LogP contribution in [0.4, 0.5) is 4.79 Å². The Kier molecular flexibility index (Phi) is 3.78. The van der Waals surface area contributed by atoms with Crippen LogP contribution in [0.5, 0.6) is 0 Å². The van der Waals surface area contributed by atoms with E-state index in [-0.39, 0.29) is 11.9 Å². The third-order valence-electron chi connectivity index (χ3n) is 4.09. The zero-order chi connectivity index (χ0) is 13.3. The van der Waals surface area contributed by atoms with Crippen molar-refractivity contribution in [3.63, 3.8) is 0 Å². The minimum absolute atomic E-state index is 0.105. The minimum Gasteiger partial charge on any atom is -0.481 e. The minimum atomic E-state index is -0.796. The van der Waals surface area contributed by atoms with E-state index in [2.05, 4.69) is 12.2 Å². The molecule has 0 radical (unpaired) electrons. The fourth-order valence-corrected chi connectivity index (χ4v) is 2.71. The number of nitrogens with one attached hydrogen (secondary N) is 1. The molecule has 2 aliphatic rings. The molecule has 0 aromatic rings. The standard InChI is InChI=1S/C13H22N2O3/c1-8-3-11(12(16)17)7-15(6-8)13(18)14-5-10-4-9(10)2/h8-11H,3-7H2,1-2H3,(H,14,18)(H,16,17). The van der Waals surface area contributed by atoms with E-state index in [0.29, 0.717) is 25.4 Å². The van der Waals surface area contributed by atoms with E-state index in [1.165, 1.54) is 6.42 Å². The summed E-state index contributed by atoms with van der Waals surface area (Å²) >= 11 is 0. The highest BCUT2D eigenvalue weighted by molar-refractivity contribution is 5.76. The van der Waals surface area contributed by atoms with Crippen molar-refractivity contribution in [3.8, 4) is 0 Å². The van der Waals surface area contributed by atoms with Crippen LogP contribution in [-0.4, -0.2) is 41.6 Å². The summed E-state index contributed by atoms with van der Waals surface area (Å²) in [6.07, 6.45) is 1.85. The lowest BCUT2D eigenvalue weighted by Crippen LogP contribution is -2.49. The van der Waals surface area contributed by atoms with Crippen molar-refractivity contribution in [2.24, 2.45) is 23.7 Å². The SMILES string of the molecule is CC1CC(C(=O)O)CN(C(=O)NCC2CC2C)C1. The zero-order valence-electron chi connectivity index (χ0n) is 11.1. The van der Waals surface area contributed by atoms with Crippen molar-refractivity contribution in [1.29, 1.82) is 0 Å². The molecular formula is C13H22N2O3. The Morgan fingerprint density at radius 3 is 2.50 bits per heavy atom. The molecule has 5 nitrogen and oxygen atoms in total. The number of amides is 2. The molecule has 18 heavy (non-hydrogen) atoms. The highest BCUT2D eigenvalue weighted by Crippen LogP contribution is 2.36. The maximum Gasteiger partial charge on any atom is 0.317 e. The van der Waals surface area contributed by atoms with Crippen LogP contribution in [0.1, 0.15) is 26.7 Å². The van der Waals surface area contributed by atoms with Crippen molar-refractivity contribution >= 4 is 12.0 Å². The normalized spacial score (nSPS) is 35.1. The lowest BCUT2D eigenvalue weighted by molar-refractivity contribution is -0.143. The Labute approximate surface area is 108 Å². The van der Waals surface area contributed by atoms with Crippen LogP contribution in [0.25, 0.3) is 0 Å². The molecule has 1 heterocycles. The second-order valence-electron chi connectivity index (χ2n) is 5.94. The average molecular weight is 254 g/mol. The third-order valence-corrected chi connectivity index (χ3v) is 4.09. The molecule has 102 valence electrons. The van der Waals surface area contributed by atoms with Gasteiger partial charge in [0.25, 0.3) is 0 Å². The van der Waals surface area contributed by atoms with Gasteiger partial charge in [0, 0.05) is 19.6 Å². The van der Waals surface area contributed by atoms with Gasteiger partial charge in [-0.25, -0.2) is 4.79 Å². The first-order valence-corrected chi connectivity index (χ1v) is 6.73. The summed E-state index contributed by atoms with van der Waals surface area (Å²) in [6.45, 7) is 5.91.